The van der Waals surface area contributed by atoms with Gasteiger partial charge in [-0.3, -0.25) is 9.59 Å². The van der Waals surface area contributed by atoms with E-state index in [0.29, 0.717) is 39.5 Å². The third-order valence-electron chi connectivity index (χ3n) is 5.15. The SMILES string of the molecule is COc1ccc(C(=O)NCCC(=O)NN=Cc2cc(Br)c(OCc3ccc(C)cc3)c(OC)c2)cc1. The van der Waals surface area contributed by atoms with Crippen molar-refractivity contribution in [3.05, 3.63) is 87.4 Å². The van der Waals surface area contributed by atoms with Crippen LogP contribution in [0, 0.1) is 6.92 Å². The Hall–Kier alpha value is -3.85. The van der Waals surface area contributed by atoms with Crippen molar-refractivity contribution in [1.29, 1.82) is 0 Å². The number of halogens is 1. The van der Waals surface area contributed by atoms with Gasteiger partial charge >= 0.3 is 0 Å². The molecule has 0 saturated carbocycles. The first-order valence-corrected chi connectivity index (χ1v) is 12.0. The fourth-order valence-electron chi connectivity index (χ4n) is 3.16. The lowest BCUT2D eigenvalue weighted by Crippen LogP contribution is -2.29. The summed E-state index contributed by atoms with van der Waals surface area (Å²) in [5, 5.41) is 6.70. The van der Waals surface area contributed by atoms with Gasteiger partial charge in [-0.1, -0.05) is 29.8 Å². The summed E-state index contributed by atoms with van der Waals surface area (Å²) < 4.78 is 17.2. The summed E-state index contributed by atoms with van der Waals surface area (Å²) >= 11 is 3.52. The normalized spacial score (nSPS) is 10.7. The maximum absolute atomic E-state index is 12.1. The van der Waals surface area contributed by atoms with Crippen LogP contribution in [0.3, 0.4) is 0 Å². The van der Waals surface area contributed by atoms with Gasteiger partial charge in [-0.05, 0) is 70.4 Å². The zero-order valence-corrected chi connectivity index (χ0v) is 21.9. The topological polar surface area (TPSA) is 98.2 Å². The van der Waals surface area contributed by atoms with Gasteiger partial charge in [-0.25, -0.2) is 5.43 Å². The molecule has 3 aromatic rings. The summed E-state index contributed by atoms with van der Waals surface area (Å²) in [5.41, 5.74) is 5.88. The number of nitrogens with one attached hydrogen (secondary N) is 2. The van der Waals surface area contributed by atoms with Crippen molar-refractivity contribution < 1.29 is 23.8 Å². The van der Waals surface area contributed by atoms with E-state index in [9.17, 15) is 9.59 Å². The smallest absolute Gasteiger partial charge is 0.251 e. The van der Waals surface area contributed by atoms with Crippen molar-refractivity contribution >= 4 is 34.0 Å². The molecule has 8 nitrogen and oxygen atoms in total. The average Bonchev–Trinajstić information content (AvgIpc) is 2.88. The Morgan fingerprint density at radius 2 is 1.72 bits per heavy atom. The molecule has 188 valence electrons. The van der Waals surface area contributed by atoms with E-state index in [1.807, 2.05) is 37.3 Å². The molecule has 0 unspecified atom stereocenters. The Morgan fingerprint density at radius 1 is 1.00 bits per heavy atom. The van der Waals surface area contributed by atoms with Crippen molar-refractivity contribution in [1.82, 2.24) is 10.7 Å². The van der Waals surface area contributed by atoms with E-state index in [1.165, 1.54) is 11.8 Å². The molecule has 0 radical (unpaired) electrons. The highest BCUT2D eigenvalue weighted by Crippen LogP contribution is 2.36. The van der Waals surface area contributed by atoms with Gasteiger partial charge in [-0.15, -0.1) is 0 Å². The van der Waals surface area contributed by atoms with Crippen LogP contribution in [0.4, 0.5) is 0 Å². The number of nitrogens with zero attached hydrogens (tertiary/aromatic N) is 1. The van der Waals surface area contributed by atoms with Gasteiger partial charge < -0.3 is 19.5 Å². The number of hydrogen-bond donors (Lipinski definition) is 2. The van der Waals surface area contributed by atoms with Crippen molar-refractivity contribution in [2.45, 2.75) is 20.0 Å². The molecule has 0 heterocycles. The molecule has 0 aliphatic carbocycles. The van der Waals surface area contributed by atoms with E-state index >= 15 is 0 Å². The largest absolute Gasteiger partial charge is 0.497 e. The van der Waals surface area contributed by atoms with E-state index in [1.54, 1.807) is 44.6 Å². The molecule has 0 aliphatic heterocycles. The summed E-state index contributed by atoms with van der Waals surface area (Å²) in [6.45, 7) is 2.61. The van der Waals surface area contributed by atoms with Crippen molar-refractivity contribution in [3.63, 3.8) is 0 Å². The minimum absolute atomic E-state index is 0.0814. The molecule has 0 fully saturated rings. The van der Waals surface area contributed by atoms with Gasteiger partial charge in [0.2, 0.25) is 5.91 Å². The fourth-order valence-corrected chi connectivity index (χ4v) is 3.74. The highest BCUT2D eigenvalue weighted by atomic mass is 79.9. The molecule has 3 rings (SSSR count). The van der Waals surface area contributed by atoms with Gasteiger partial charge in [0, 0.05) is 18.5 Å². The first-order valence-electron chi connectivity index (χ1n) is 11.2. The maximum atomic E-state index is 12.1. The molecule has 9 heteroatoms. The number of amides is 2. The van der Waals surface area contributed by atoms with E-state index in [4.69, 9.17) is 14.2 Å². The molecule has 2 amide bonds. The first kappa shape index (κ1) is 26.7. The van der Waals surface area contributed by atoms with Crippen LogP contribution in [-0.2, 0) is 11.4 Å². The number of rotatable bonds is 11. The van der Waals surface area contributed by atoms with Crippen molar-refractivity contribution in [2.24, 2.45) is 5.10 Å². The van der Waals surface area contributed by atoms with Crippen molar-refractivity contribution in [3.8, 4) is 17.2 Å². The summed E-state index contributed by atoms with van der Waals surface area (Å²) in [7, 11) is 3.12. The summed E-state index contributed by atoms with van der Waals surface area (Å²) in [5.74, 6) is 1.18. The second-order valence-electron chi connectivity index (χ2n) is 7.84. The second kappa shape index (κ2) is 13.3. The molecule has 0 spiro atoms. The van der Waals surface area contributed by atoms with Crippen LogP contribution in [0.5, 0.6) is 17.2 Å². The Morgan fingerprint density at radius 3 is 2.39 bits per heavy atom. The lowest BCUT2D eigenvalue weighted by Gasteiger charge is -2.13. The summed E-state index contributed by atoms with van der Waals surface area (Å²) in [6, 6.07) is 18.4. The van der Waals surface area contributed by atoms with Crippen LogP contribution in [0.25, 0.3) is 0 Å². The molecule has 2 N–H and O–H groups in total. The molecule has 0 bridgehead atoms. The second-order valence-corrected chi connectivity index (χ2v) is 8.69. The summed E-state index contributed by atoms with van der Waals surface area (Å²) in [6.07, 6.45) is 1.59. The maximum Gasteiger partial charge on any atom is 0.251 e. The Labute approximate surface area is 218 Å². The van der Waals surface area contributed by atoms with Crippen LogP contribution in [-0.4, -0.2) is 38.8 Å². The molecule has 3 aromatic carbocycles. The minimum atomic E-state index is -0.328. The standard InChI is InChI=1S/C27H28BrN3O5/c1-18-4-6-19(7-5-18)17-36-26-23(28)14-20(15-24(26)35-3)16-30-31-25(32)12-13-29-27(33)21-8-10-22(34-2)11-9-21/h4-11,14-16H,12-13,17H2,1-3H3,(H,29,33)(H,31,32). The molecule has 0 aliphatic rings. The average molecular weight is 554 g/mol. The number of aryl methyl sites for hydroxylation is 1. The fraction of sp³-hybridized carbons (Fsp3) is 0.222. The lowest BCUT2D eigenvalue weighted by atomic mass is 10.2. The van der Waals surface area contributed by atoms with Crippen LogP contribution in [0.2, 0.25) is 0 Å². The predicted molar refractivity (Wildman–Crippen MR) is 142 cm³/mol. The number of benzene rings is 3. The van der Waals surface area contributed by atoms with Crippen molar-refractivity contribution in [2.75, 3.05) is 20.8 Å². The zero-order valence-electron chi connectivity index (χ0n) is 20.3. The van der Waals surface area contributed by atoms with Gasteiger partial charge in [0.1, 0.15) is 12.4 Å². The molecule has 36 heavy (non-hydrogen) atoms. The van der Waals surface area contributed by atoms with Crippen LogP contribution >= 0.6 is 15.9 Å². The Bertz CT molecular complexity index is 1210. The molecule has 0 saturated heterocycles. The highest BCUT2D eigenvalue weighted by Gasteiger charge is 2.12. The van der Waals surface area contributed by atoms with E-state index < -0.39 is 0 Å². The number of hydrogen-bond acceptors (Lipinski definition) is 6. The van der Waals surface area contributed by atoms with Crippen LogP contribution in [0.1, 0.15) is 33.5 Å². The third-order valence-corrected chi connectivity index (χ3v) is 5.74. The van der Waals surface area contributed by atoms with E-state index in [2.05, 4.69) is 31.8 Å². The summed E-state index contributed by atoms with van der Waals surface area (Å²) in [4.78, 5) is 24.2. The number of hydrazone groups is 1. The van der Waals surface area contributed by atoms with Gasteiger partial charge in [0.25, 0.3) is 5.91 Å². The molecular weight excluding hydrogens is 526 g/mol. The molecular formula is C27H28BrN3O5. The number of carbonyl (C=O) groups excluding carboxylic acids is 2. The number of methoxy groups -OCH3 is 2. The van der Waals surface area contributed by atoms with Gasteiger partial charge in [0.05, 0.1) is 24.9 Å². The predicted octanol–water partition coefficient (Wildman–Crippen LogP) is 4.62. The quantitative estimate of drug-likeness (QED) is 0.266. The number of carbonyl (C=O) groups is 2. The van der Waals surface area contributed by atoms with E-state index in [-0.39, 0.29) is 24.8 Å². The Kier molecular flexibility index (Phi) is 9.88. The zero-order chi connectivity index (χ0) is 25.9. The van der Waals surface area contributed by atoms with Crippen LogP contribution < -0.4 is 25.0 Å². The minimum Gasteiger partial charge on any atom is -0.497 e. The molecule has 0 atom stereocenters. The van der Waals surface area contributed by atoms with Gasteiger partial charge in [-0.2, -0.15) is 5.10 Å². The highest BCUT2D eigenvalue weighted by molar-refractivity contribution is 9.10. The monoisotopic (exact) mass is 553 g/mol. The molecule has 0 aromatic heterocycles. The third kappa shape index (κ3) is 7.84. The Balaban J connectivity index is 1.49. The van der Waals surface area contributed by atoms with E-state index in [0.717, 1.165) is 5.56 Å². The first-order chi connectivity index (χ1) is 17.4. The lowest BCUT2D eigenvalue weighted by molar-refractivity contribution is -0.120. The van der Waals surface area contributed by atoms with Gasteiger partial charge in [0.15, 0.2) is 11.5 Å². The van der Waals surface area contributed by atoms with Crippen LogP contribution in [0.15, 0.2) is 70.2 Å². The number of ether oxygens (including phenoxy) is 3.